The SMILES string of the molecule is Cl.Cl.Fc1cccc([C@H]2NC[C@@H]3CNC[C@@H]32)c1. The first kappa shape index (κ1) is 14.7. The highest BCUT2D eigenvalue weighted by Gasteiger charge is 2.39. The fourth-order valence-electron chi connectivity index (χ4n) is 2.86. The molecule has 0 aromatic heterocycles. The number of fused-ring (bicyclic) bond motifs is 1. The Labute approximate surface area is 113 Å². The molecule has 2 N–H and O–H groups in total. The third kappa shape index (κ3) is 2.74. The van der Waals surface area contributed by atoms with E-state index in [1.165, 1.54) is 6.07 Å². The zero-order chi connectivity index (χ0) is 10.3. The van der Waals surface area contributed by atoms with Crippen LogP contribution in [0.5, 0.6) is 0 Å². The Morgan fingerprint density at radius 3 is 2.71 bits per heavy atom. The highest BCUT2D eigenvalue weighted by atomic mass is 35.5. The average Bonchev–Trinajstić information content (AvgIpc) is 2.77. The number of nitrogens with one attached hydrogen (secondary N) is 2. The molecule has 0 saturated carbocycles. The number of hydrogen-bond donors (Lipinski definition) is 2. The molecule has 0 aliphatic carbocycles. The second kappa shape index (κ2) is 6.01. The van der Waals surface area contributed by atoms with Gasteiger partial charge in [-0.05, 0) is 36.1 Å². The van der Waals surface area contributed by atoms with Crippen molar-refractivity contribution in [1.29, 1.82) is 0 Å². The second-order valence-corrected chi connectivity index (χ2v) is 4.52. The van der Waals surface area contributed by atoms with Crippen LogP contribution in [0.15, 0.2) is 24.3 Å². The van der Waals surface area contributed by atoms with E-state index in [9.17, 15) is 4.39 Å². The van der Waals surface area contributed by atoms with E-state index in [1.54, 1.807) is 12.1 Å². The molecule has 2 aliphatic rings. The minimum atomic E-state index is -0.135. The summed E-state index contributed by atoms with van der Waals surface area (Å²) in [5.41, 5.74) is 1.09. The van der Waals surface area contributed by atoms with Gasteiger partial charge in [-0.15, -0.1) is 24.8 Å². The van der Waals surface area contributed by atoms with Crippen LogP contribution in [0.2, 0.25) is 0 Å². The van der Waals surface area contributed by atoms with Gasteiger partial charge in [-0.1, -0.05) is 12.1 Å². The molecule has 0 radical (unpaired) electrons. The van der Waals surface area contributed by atoms with Crippen LogP contribution in [0.4, 0.5) is 4.39 Å². The Balaban J connectivity index is 0.000000722. The Kier molecular flexibility index (Phi) is 5.20. The summed E-state index contributed by atoms with van der Waals surface area (Å²) in [6.07, 6.45) is 0. The normalized spacial score (nSPS) is 30.3. The van der Waals surface area contributed by atoms with Gasteiger partial charge >= 0.3 is 0 Å². The molecular formula is C12H17Cl2FN2. The van der Waals surface area contributed by atoms with Gasteiger partial charge in [0.25, 0.3) is 0 Å². The fourth-order valence-corrected chi connectivity index (χ4v) is 2.86. The lowest BCUT2D eigenvalue weighted by Crippen LogP contribution is -2.23. The zero-order valence-electron chi connectivity index (χ0n) is 9.36. The maximum atomic E-state index is 13.1. The van der Waals surface area contributed by atoms with E-state index in [0.717, 1.165) is 31.1 Å². The molecule has 2 fully saturated rings. The van der Waals surface area contributed by atoms with Crippen molar-refractivity contribution in [1.82, 2.24) is 10.6 Å². The summed E-state index contributed by atoms with van der Waals surface area (Å²) < 4.78 is 13.1. The van der Waals surface area contributed by atoms with Gasteiger partial charge in [0.2, 0.25) is 0 Å². The summed E-state index contributed by atoms with van der Waals surface area (Å²) in [5, 5.41) is 6.90. The fraction of sp³-hybridized carbons (Fsp3) is 0.500. The Morgan fingerprint density at radius 2 is 1.94 bits per heavy atom. The maximum Gasteiger partial charge on any atom is 0.123 e. The lowest BCUT2D eigenvalue weighted by Gasteiger charge is -2.18. The second-order valence-electron chi connectivity index (χ2n) is 4.52. The van der Waals surface area contributed by atoms with Crippen LogP contribution in [0.1, 0.15) is 11.6 Å². The molecule has 1 aromatic carbocycles. The minimum Gasteiger partial charge on any atom is -0.316 e. The van der Waals surface area contributed by atoms with Gasteiger partial charge in [0, 0.05) is 19.1 Å². The first-order chi connectivity index (χ1) is 7.34. The predicted molar refractivity (Wildman–Crippen MR) is 71.5 cm³/mol. The Bertz CT molecular complexity index is 375. The highest BCUT2D eigenvalue weighted by Crippen LogP contribution is 2.35. The minimum absolute atomic E-state index is 0. The third-order valence-electron chi connectivity index (χ3n) is 3.63. The van der Waals surface area contributed by atoms with Crippen molar-refractivity contribution in [3.63, 3.8) is 0 Å². The molecule has 2 nitrogen and oxygen atoms in total. The van der Waals surface area contributed by atoms with Crippen LogP contribution in [0.3, 0.4) is 0 Å². The number of benzene rings is 1. The first-order valence-electron chi connectivity index (χ1n) is 5.54. The maximum absolute atomic E-state index is 13.1. The topological polar surface area (TPSA) is 24.1 Å². The summed E-state index contributed by atoms with van der Waals surface area (Å²) in [7, 11) is 0. The molecule has 1 aromatic rings. The molecule has 5 heteroatoms. The molecule has 3 atom stereocenters. The zero-order valence-corrected chi connectivity index (χ0v) is 11.0. The molecule has 0 amide bonds. The van der Waals surface area contributed by atoms with Crippen LogP contribution in [-0.4, -0.2) is 19.6 Å². The molecule has 2 saturated heterocycles. The van der Waals surface area contributed by atoms with Crippen molar-refractivity contribution in [2.24, 2.45) is 11.8 Å². The van der Waals surface area contributed by atoms with Crippen LogP contribution >= 0.6 is 24.8 Å². The number of hydrogen-bond acceptors (Lipinski definition) is 2. The lowest BCUT2D eigenvalue weighted by molar-refractivity contribution is 0.448. The summed E-state index contributed by atoms with van der Waals surface area (Å²) >= 11 is 0. The van der Waals surface area contributed by atoms with E-state index in [2.05, 4.69) is 10.6 Å². The summed E-state index contributed by atoms with van der Waals surface area (Å²) in [6, 6.07) is 7.30. The number of halogens is 3. The van der Waals surface area contributed by atoms with E-state index in [-0.39, 0.29) is 30.6 Å². The number of rotatable bonds is 1. The lowest BCUT2D eigenvalue weighted by atomic mass is 9.90. The van der Waals surface area contributed by atoms with Gasteiger partial charge in [0.15, 0.2) is 0 Å². The Hall–Kier alpha value is -0.350. The van der Waals surface area contributed by atoms with Crippen molar-refractivity contribution < 1.29 is 4.39 Å². The highest BCUT2D eigenvalue weighted by molar-refractivity contribution is 5.85. The standard InChI is InChI=1S/C12H15FN2.2ClH/c13-10-3-1-2-8(4-10)12-11-7-14-5-9(11)6-15-12;;/h1-4,9,11-12,14-15H,5-7H2;2*1H/t9-,11-,12+;;/m0../s1. The molecule has 2 heterocycles. The van der Waals surface area contributed by atoms with Crippen LogP contribution in [-0.2, 0) is 0 Å². The van der Waals surface area contributed by atoms with Crippen molar-refractivity contribution in [3.8, 4) is 0 Å². The summed E-state index contributed by atoms with van der Waals surface area (Å²) in [4.78, 5) is 0. The quantitative estimate of drug-likeness (QED) is 0.823. The van der Waals surface area contributed by atoms with E-state index in [1.807, 2.05) is 6.07 Å². The van der Waals surface area contributed by atoms with E-state index in [4.69, 9.17) is 0 Å². The van der Waals surface area contributed by atoms with Gasteiger partial charge in [-0.3, -0.25) is 0 Å². The smallest absolute Gasteiger partial charge is 0.123 e. The van der Waals surface area contributed by atoms with E-state index >= 15 is 0 Å². The molecule has 0 spiro atoms. The molecule has 17 heavy (non-hydrogen) atoms. The predicted octanol–water partition coefficient (Wildman–Crippen LogP) is 2.15. The first-order valence-corrected chi connectivity index (χ1v) is 5.54. The molecule has 3 rings (SSSR count). The summed E-state index contributed by atoms with van der Waals surface area (Å²) in [5.74, 6) is 1.22. The molecular weight excluding hydrogens is 262 g/mol. The molecule has 0 bridgehead atoms. The van der Waals surface area contributed by atoms with Gasteiger partial charge in [0.1, 0.15) is 5.82 Å². The largest absolute Gasteiger partial charge is 0.316 e. The van der Waals surface area contributed by atoms with Crippen LogP contribution in [0.25, 0.3) is 0 Å². The molecule has 0 unspecified atom stereocenters. The van der Waals surface area contributed by atoms with Crippen LogP contribution in [0, 0.1) is 17.7 Å². The van der Waals surface area contributed by atoms with Gasteiger partial charge in [-0.25, -0.2) is 4.39 Å². The van der Waals surface area contributed by atoms with Crippen molar-refractivity contribution in [2.45, 2.75) is 6.04 Å². The van der Waals surface area contributed by atoms with E-state index in [0.29, 0.717) is 12.0 Å². The van der Waals surface area contributed by atoms with Crippen LogP contribution < -0.4 is 10.6 Å². The molecule has 96 valence electrons. The molecule has 2 aliphatic heterocycles. The van der Waals surface area contributed by atoms with Gasteiger partial charge in [0.05, 0.1) is 0 Å². The van der Waals surface area contributed by atoms with Crippen molar-refractivity contribution in [2.75, 3.05) is 19.6 Å². The van der Waals surface area contributed by atoms with Crippen molar-refractivity contribution in [3.05, 3.63) is 35.6 Å². The van der Waals surface area contributed by atoms with Gasteiger partial charge < -0.3 is 10.6 Å². The monoisotopic (exact) mass is 278 g/mol. The average molecular weight is 279 g/mol. The third-order valence-corrected chi connectivity index (χ3v) is 3.63. The summed E-state index contributed by atoms with van der Waals surface area (Å²) in [6.45, 7) is 3.21. The van der Waals surface area contributed by atoms with E-state index < -0.39 is 0 Å². The Morgan fingerprint density at radius 1 is 1.12 bits per heavy atom. The van der Waals surface area contributed by atoms with Gasteiger partial charge in [-0.2, -0.15) is 0 Å². The van der Waals surface area contributed by atoms with Crippen molar-refractivity contribution >= 4 is 24.8 Å².